The van der Waals surface area contributed by atoms with Crippen molar-refractivity contribution in [1.82, 2.24) is 5.32 Å². The molecule has 8 heavy (non-hydrogen) atoms. The molecule has 0 aromatic rings. The molecular weight excluding hydrogens is 124 g/mol. The maximum atomic E-state index is 10.6. The van der Waals surface area contributed by atoms with Crippen LogP contribution in [0.1, 0.15) is 0 Å². The highest BCUT2D eigenvalue weighted by Gasteiger charge is 2.12. The summed E-state index contributed by atoms with van der Waals surface area (Å²) in [7, 11) is 0. The van der Waals surface area contributed by atoms with Crippen LogP contribution in [0.5, 0.6) is 0 Å². The largest absolute Gasteiger partial charge is 0.487 e. The zero-order valence-electron chi connectivity index (χ0n) is 4.44. The Bertz CT molecular complexity index is 106. The van der Waals surface area contributed by atoms with Gasteiger partial charge in [0.05, 0.1) is 6.54 Å². The predicted octanol–water partition coefficient (Wildman–Crippen LogP) is -2.54. The number of carbonyl (C=O) groups is 1. The van der Waals surface area contributed by atoms with E-state index in [1.807, 2.05) is 0 Å². The lowest BCUT2D eigenvalue weighted by atomic mass is 10.4. The summed E-state index contributed by atoms with van der Waals surface area (Å²) < 4.78 is 0.601. The van der Waals surface area contributed by atoms with Crippen LogP contribution in [0.3, 0.4) is 0 Å². The monoisotopic (exact) mass is 132 g/mol. The first kappa shape index (κ1) is 6.07. The van der Waals surface area contributed by atoms with Crippen LogP contribution < -0.4 is 9.62 Å². The first-order chi connectivity index (χ1) is 3.80. The molecule has 1 aliphatic heterocycles. The van der Waals surface area contributed by atoms with Gasteiger partial charge in [0.15, 0.2) is 0 Å². The molecule has 1 saturated heterocycles. The quantitative estimate of drug-likeness (QED) is 0.356. The Hall–Kier alpha value is -0.0600. The Morgan fingerprint density at radius 1 is 1.75 bits per heavy atom. The molecule has 0 radical (unpaired) electrons. The van der Waals surface area contributed by atoms with Gasteiger partial charge in [-0.3, -0.25) is 5.32 Å². The average molecular weight is 132 g/mol. The number of piperazine rings is 1. The summed E-state index contributed by atoms with van der Waals surface area (Å²) >= 11 is 4.74. The Labute approximate surface area is 53.6 Å². The van der Waals surface area contributed by atoms with Crippen molar-refractivity contribution in [2.75, 3.05) is 19.6 Å². The number of hydrogen-bond acceptors (Lipinski definition) is 3. The van der Waals surface area contributed by atoms with Gasteiger partial charge in [0.2, 0.25) is 0 Å². The molecule has 1 amide bonds. The zero-order chi connectivity index (χ0) is 5.98. The van der Waals surface area contributed by atoms with Crippen molar-refractivity contribution in [3.63, 3.8) is 0 Å². The van der Waals surface area contributed by atoms with Crippen LogP contribution in [0.2, 0.25) is 0 Å². The van der Waals surface area contributed by atoms with E-state index < -0.39 is 0 Å². The molecule has 1 rings (SSSR count). The zero-order valence-corrected chi connectivity index (χ0v) is 5.25. The van der Waals surface area contributed by atoms with E-state index in [1.165, 1.54) is 0 Å². The number of carbonyl (C=O) groups excluding carboxylic acids is 1. The maximum absolute atomic E-state index is 10.6. The maximum Gasteiger partial charge on any atom is 0.308 e. The first-order valence-electron chi connectivity index (χ1n) is 2.57. The number of quaternary nitrogens is 1. The number of nitrogens with one attached hydrogen (secondary N) is 2. The molecule has 3 nitrogen and oxygen atoms in total. The third kappa shape index (κ3) is 1.21. The molecule has 46 valence electrons. The highest BCUT2D eigenvalue weighted by Crippen LogP contribution is 1.63. The Morgan fingerprint density at radius 3 is 2.88 bits per heavy atom. The van der Waals surface area contributed by atoms with Crippen molar-refractivity contribution in [3.05, 3.63) is 0 Å². The second-order valence-corrected chi connectivity index (χ2v) is 2.27. The van der Waals surface area contributed by atoms with Crippen LogP contribution >= 0.6 is 0 Å². The van der Waals surface area contributed by atoms with Gasteiger partial charge in [-0.15, -0.1) is 0 Å². The van der Waals surface area contributed by atoms with Crippen LogP contribution in [0.15, 0.2) is 0 Å². The summed E-state index contributed by atoms with van der Waals surface area (Å²) in [5.74, 6) is 0.0891. The summed E-state index contributed by atoms with van der Waals surface area (Å²) in [5, 5.41) is 2.93. The minimum absolute atomic E-state index is 0.0891. The molecule has 1 aliphatic rings. The van der Waals surface area contributed by atoms with E-state index in [9.17, 15) is 4.79 Å². The van der Waals surface area contributed by atoms with Crippen molar-refractivity contribution in [3.8, 4) is 0 Å². The fraction of sp³-hybridized carbons (Fsp3) is 0.750. The number of hydrogen-bond donors (Lipinski definition) is 2. The molecular formula is C4H8N2OS. The molecule has 0 spiro atoms. The van der Waals surface area contributed by atoms with Gasteiger partial charge in [-0.25, -0.2) is 4.79 Å². The van der Waals surface area contributed by atoms with Crippen molar-refractivity contribution in [1.29, 1.82) is 0 Å². The average Bonchev–Trinajstić information content (AvgIpc) is 1.77. The lowest BCUT2D eigenvalue weighted by Crippen LogP contribution is -3.13. The van der Waals surface area contributed by atoms with Gasteiger partial charge < -0.3 is 17.1 Å². The molecule has 0 aromatic heterocycles. The van der Waals surface area contributed by atoms with E-state index in [1.54, 1.807) is 0 Å². The lowest BCUT2D eigenvalue weighted by molar-refractivity contribution is -0.670. The van der Waals surface area contributed by atoms with Crippen molar-refractivity contribution >= 4 is 18.7 Å². The van der Waals surface area contributed by atoms with E-state index in [4.69, 9.17) is 12.8 Å². The minimum Gasteiger partial charge on any atom is -0.487 e. The van der Waals surface area contributed by atoms with Crippen LogP contribution in [0, 0.1) is 0 Å². The SMILES string of the molecule is O=C1CNCC[NH+]1[S-]. The van der Waals surface area contributed by atoms with E-state index in [-0.39, 0.29) is 5.91 Å². The Morgan fingerprint density at radius 2 is 2.50 bits per heavy atom. The smallest absolute Gasteiger partial charge is 0.308 e. The molecule has 1 fully saturated rings. The van der Waals surface area contributed by atoms with Crippen molar-refractivity contribution in [2.24, 2.45) is 0 Å². The normalized spacial score (nSPS) is 30.6. The topological polar surface area (TPSA) is 33.5 Å². The third-order valence-electron chi connectivity index (χ3n) is 1.13. The molecule has 2 N–H and O–H groups in total. The van der Waals surface area contributed by atoms with E-state index in [0.717, 1.165) is 13.1 Å². The summed E-state index contributed by atoms with van der Waals surface area (Å²) in [6.07, 6.45) is 0. The second-order valence-electron chi connectivity index (χ2n) is 1.77. The molecule has 4 heteroatoms. The van der Waals surface area contributed by atoms with Crippen molar-refractivity contribution in [2.45, 2.75) is 0 Å². The van der Waals surface area contributed by atoms with Gasteiger partial charge in [-0.05, 0) is 0 Å². The predicted molar refractivity (Wildman–Crippen MR) is 31.1 cm³/mol. The van der Waals surface area contributed by atoms with Crippen LogP contribution in [0.4, 0.5) is 0 Å². The van der Waals surface area contributed by atoms with Gasteiger partial charge >= 0.3 is 5.91 Å². The fourth-order valence-corrected chi connectivity index (χ4v) is 0.816. The lowest BCUT2D eigenvalue weighted by Gasteiger charge is -2.24. The van der Waals surface area contributed by atoms with E-state index in [0.29, 0.717) is 10.8 Å². The third-order valence-corrected chi connectivity index (χ3v) is 1.56. The van der Waals surface area contributed by atoms with Crippen molar-refractivity contribution < 1.29 is 9.10 Å². The summed E-state index contributed by atoms with van der Waals surface area (Å²) in [5.41, 5.74) is 0. The highest BCUT2D eigenvalue weighted by molar-refractivity contribution is 7.51. The first-order valence-corrected chi connectivity index (χ1v) is 2.98. The van der Waals surface area contributed by atoms with Crippen LogP contribution in [0.25, 0.3) is 0 Å². The summed E-state index contributed by atoms with van der Waals surface area (Å²) in [6.45, 7) is 2.05. The molecule has 0 bridgehead atoms. The fourth-order valence-electron chi connectivity index (χ4n) is 0.642. The van der Waals surface area contributed by atoms with Gasteiger partial charge in [0.1, 0.15) is 6.54 Å². The summed E-state index contributed by atoms with van der Waals surface area (Å²) in [4.78, 5) is 10.6. The number of rotatable bonds is 0. The Kier molecular flexibility index (Phi) is 1.88. The molecule has 0 saturated carbocycles. The molecule has 1 unspecified atom stereocenters. The molecule has 1 atom stereocenters. The van der Waals surface area contributed by atoms with Gasteiger partial charge in [-0.2, -0.15) is 0 Å². The molecule has 0 aliphatic carbocycles. The van der Waals surface area contributed by atoms with Crippen LogP contribution in [-0.4, -0.2) is 25.5 Å². The standard InChI is InChI=1S/C4H8N2OS/c7-4-3-5-1-2-6(4)8/h5-6H,1-3H2. The summed E-state index contributed by atoms with van der Waals surface area (Å²) in [6, 6.07) is 0. The van der Waals surface area contributed by atoms with Gasteiger partial charge in [0, 0.05) is 6.54 Å². The minimum atomic E-state index is 0.0891. The van der Waals surface area contributed by atoms with Gasteiger partial charge in [0.25, 0.3) is 0 Å². The Balaban J connectivity index is 2.39. The molecule has 1 heterocycles. The molecule has 0 aromatic carbocycles. The van der Waals surface area contributed by atoms with Crippen LogP contribution in [-0.2, 0) is 17.6 Å². The second kappa shape index (κ2) is 2.48. The highest BCUT2D eigenvalue weighted by atomic mass is 32.1. The van der Waals surface area contributed by atoms with E-state index in [2.05, 4.69) is 5.32 Å². The van der Waals surface area contributed by atoms with E-state index >= 15 is 0 Å². The number of amides is 1. The van der Waals surface area contributed by atoms with Gasteiger partial charge in [-0.1, -0.05) is 0 Å².